The molecule has 6 nitrogen and oxygen atoms in total. The number of nitrogens with one attached hydrogen (secondary N) is 2. The standard InChI is InChI=1S/C17H30N4O2S/c1-5-21(24(4,22)23)13-9-12-19-17(18-3)20-14-15(2)16-10-7-6-8-11-16/h6-8,10-11,15H,5,9,12-14H2,1-4H3,(H2,18,19,20). The average Bonchev–Trinajstić information content (AvgIpc) is 2.56. The monoisotopic (exact) mass is 354 g/mol. The van der Waals surface area contributed by atoms with Crippen molar-refractivity contribution in [2.45, 2.75) is 26.2 Å². The van der Waals surface area contributed by atoms with Gasteiger partial charge >= 0.3 is 0 Å². The van der Waals surface area contributed by atoms with Gasteiger partial charge in [-0.05, 0) is 17.9 Å². The van der Waals surface area contributed by atoms with Gasteiger partial charge in [0.25, 0.3) is 0 Å². The minimum Gasteiger partial charge on any atom is -0.356 e. The van der Waals surface area contributed by atoms with E-state index in [4.69, 9.17) is 0 Å². The molecule has 1 atom stereocenters. The molecule has 0 heterocycles. The molecule has 0 bridgehead atoms. The predicted molar refractivity (Wildman–Crippen MR) is 101 cm³/mol. The van der Waals surface area contributed by atoms with Crippen LogP contribution in [-0.4, -0.2) is 58.2 Å². The van der Waals surface area contributed by atoms with Crippen molar-refractivity contribution in [1.29, 1.82) is 0 Å². The van der Waals surface area contributed by atoms with E-state index in [-0.39, 0.29) is 0 Å². The van der Waals surface area contributed by atoms with E-state index < -0.39 is 10.0 Å². The first-order chi connectivity index (χ1) is 11.4. The average molecular weight is 355 g/mol. The molecule has 0 aliphatic rings. The maximum atomic E-state index is 11.5. The van der Waals surface area contributed by atoms with E-state index in [9.17, 15) is 8.42 Å². The number of hydrogen-bond donors (Lipinski definition) is 2. The lowest BCUT2D eigenvalue weighted by molar-refractivity contribution is 0.424. The van der Waals surface area contributed by atoms with Crippen LogP contribution in [0.5, 0.6) is 0 Å². The molecule has 0 spiro atoms. The molecule has 1 rings (SSSR count). The van der Waals surface area contributed by atoms with Crippen molar-refractivity contribution in [3.63, 3.8) is 0 Å². The fourth-order valence-electron chi connectivity index (χ4n) is 2.39. The van der Waals surface area contributed by atoms with Gasteiger partial charge in [0.15, 0.2) is 5.96 Å². The summed E-state index contributed by atoms with van der Waals surface area (Å²) < 4.78 is 24.5. The molecule has 0 amide bonds. The molecule has 2 N–H and O–H groups in total. The number of nitrogens with zero attached hydrogens (tertiary/aromatic N) is 2. The molecular weight excluding hydrogens is 324 g/mol. The van der Waals surface area contributed by atoms with Crippen LogP contribution in [0.25, 0.3) is 0 Å². The highest BCUT2D eigenvalue weighted by Crippen LogP contribution is 2.12. The Labute approximate surface area is 146 Å². The van der Waals surface area contributed by atoms with Crippen molar-refractivity contribution >= 4 is 16.0 Å². The first-order valence-electron chi connectivity index (χ1n) is 8.33. The fourth-order valence-corrected chi connectivity index (χ4v) is 3.32. The second kappa shape index (κ2) is 10.3. The smallest absolute Gasteiger partial charge is 0.211 e. The Morgan fingerprint density at radius 1 is 1.25 bits per heavy atom. The van der Waals surface area contributed by atoms with Crippen LogP contribution in [0.15, 0.2) is 35.3 Å². The molecule has 0 aliphatic heterocycles. The maximum absolute atomic E-state index is 11.5. The van der Waals surface area contributed by atoms with Crippen LogP contribution in [0.4, 0.5) is 0 Å². The van der Waals surface area contributed by atoms with Crippen molar-refractivity contribution < 1.29 is 8.42 Å². The number of benzene rings is 1. The van der Waals surface area contributed by atoms with E-state index in [0.717, 1.165) is 18.9 Å². The van der Waals surface area contributed by atoms with E-state index in [1.807, 2.05) is 25.1 Å². The molecule has 0 fully saturated rings. The second-order valence-corrected chi connectivity index (χ2v) is 7.78. The normalized spacial score (nSPS) is 13.8. The summed E-state index contributed by atoms with van der Waals surface area (Å²) in [4.78, 5) is 4.20. The Balaban J connectivity index is 2.33. The van der Waals surface area contributed by atoms with E-state index in [1.165, 1.54) is 16.1 Å². The van der Waals surface area contributed by atoms with Gasteiger partial charge in [0.2, 0.25) is 10.0 Å². The fraction of sp³-hybridized carbons (Fsp3) is 0.588. The highest BCUT2D eigenvalue weighted by Gasteiger charge is 2.13. The summed E-state index contributed by atoms with van der Waals surface area (Å²) in [6.45, 7) is 6.49. The predicted octanol–water partition coefficient (Wildman–Crippen LogP) is 1.63. The summed E-state index contributed by atoms with van der Waals surface area (Å²) in [7, 11) is -1.38. The van der Waals surface area contributed by atoms with Gasteiger partial charge in [-0.3, -0.25) is 4.99 Å². The third kappa shape index (κ3) is 7.31. The summed E-state index contributed by atoms with van der Waals surface area (Å²) in [6, 6.07) is 10.3. The van der Waals surface area contributed by atoms with Crippen LogP contribution in [0.2, 0.25) is 0 Å². The molecular formula is C17H30N4O2S. The minimum atomic E-state index is -3.11. The van der Waals surface area contributed by atoms with Crippen molar-refractivity contribution in [3.8, 4) is 0 Å². The molecule has 1 aromatic rings. The van der Waals surface area contributed by atoms with Gasteiger partial charge in [0, 0.05) is 33.2 Å². The third-order valence-corrected chi connectivity index (χ3v) is 5.25. The quantitative estimate of drug-likeness (QED) is 0.402. The van der Waals surface area contributed by atoms with E-state index >= 15 is 0 Å². The molecule has 24 heavy (non-hydrogen) atoms. The third-order valence-electron chi connectivity index (χ3n) is 3.87. The Morgan fingerprint density at radius 3 is 2.46 bits per heavy atom. The van der Waals surface area contributed by atoms with E-state index in [0.29, 0.717) is 25.6 Å². The van der Waals surface area contributed by atoms with Gasteiger partial charge < -0.3 is 10.6 Å². The highest BCUT2D eigenvalue weighted by atomic mass is 32.2. The van der Waals surface area contributed by atoms with Crippen LogP contribution >= 0.6 is 0 Å². The van der Waals surface area contributed by atoms with Gasteiger partial charge in [0.1, 0.15) is 0 Å². The van der Waals surface area contributed by atoms with E-state index in [2.05, 4.69) is 34.7 Å². The van der Waals surface area contributed by atoms with Gasteiger partial charge in [-0.1, -0.05) is 44.2 Å². The Kier molecular flexibility index (Phi) is 8.78. The Morgan fingerprint density at radius 2 is 1.92 bits per heavy atom. The first-order valence-corrected chi connectivity index (χ1v) is 10.2. The van der Waals surface area contributed by atoms with Gasteiger partial charge in [-0.25, -0.2) is 12.7 Å². The number of sulfonamides is 1. The molecule has 0 saturated heterocycles. The summed E-state index contributed by atoms with van der Waals surface area (Å²) in [5.74, 6) is 1.12. The van der Waals surface area contributed by atoms with Crippen LogP contribution in [0.1, 0.15) is 31.7 Å². The van der Waals surface area contributed by atoms with Crippen LogP contribution in [-0.2, 0) is 10.0 Å². The second-order valence-electron chi connectivity index (χ2n) is 5.80. The largest absolute Gasteiger partial charge is 0.356 e. The van der Waals surface area contributed by atoms with Crippen molar-refractivity contribution in [2.24, 2.45) is 4.99 Å². The van der Waals surface area contributed by atoms with Crippen LogP contribution in [0, 0.1) is 0 Å². The maximum Gasteiger partial charge on any atom is 0.211 e. The number of guanidine groups is 1. The Bertz CT molecular complexity index is 602. The Hall–Kier alpha value is -1.60. The lowest BCUT2D eigenvalue weighted by Gasteiger charge is -2.19. The molecule has 7 heteroatoms. The lowest BCUT2D eigenvalue weighted by atomic mass is 10.0. The lowest BCUT2D eigenvalue weighted by Crippen LogP contribution is -2.40. The summed E-state index contributed by atoms with van der Waals surface area (Å²) in [5, 5.41) is 6.53. The molecule has 0 aliphatic carbocycles. The molecule has 1 unspecified atom stereocenters. The number of rotatable bonds is 9. The zero-order valence-electron chi connectivity index (χ0n) is 15.1. The van der Waals surface area contributed by atoms with E-state index in [1.54, 1.807) is 7.05 Å². The number of hydrogen-bond acceptors (Lipinski definition) is 3. The zero-order chi connectivity index (χ0) is 18.0. The first kappa shape index (κ1) is 20.4. The molecule has 136 valence electrons. The van der Waals surface area contributed by atoms with Gasteiger partial charge in [0.05, 0.1) is 6.26 Å². The molecule has 0 aromatic heterocycles. The van der Waals surface area contributed by atoms with Crippen LogP contribution in [0.3, 0.4) is 0 Å². The van der Waals surface area contributed by atoms with Gasteiger partial charge in [-0.15, -0.1) is 0 Å². The van der Waals surface area contributed by atoms with Crippen molar-refractivity contribution in [1.82, 2.24) is 14.9 Å². The topological polar surface area (TPSA) is 73.8 Å². The summed E-state index contributed by atoms with van der Waals surface area (Å²) in [5.41, 5.74) is 1.28. The molecule has 0 radical (unpaired) electrons. The summed E-state index contributed by atoms with van der Waals surface area (Å²) in [6.07, 6.45) is 1.98. The van der Waals surface area contributed by atoms with Gasteiger partial charge in [-0.2, -0.15) is 0 Å². The SMILES string of the molecule is CCN(CCCNC(=NC)NCC(C)c1ccccc1)S(C)(=O)=O. The minimum absolute atomic E-state index is 0.380. The zero-order valence-corrected chi connectivity index (χ0v) is 15.9. The summed E-state index contributed by atoms with van der Waals surface area (Å²) >= 11 is 0. The van der Waals surface area contributed by atoms with Crippen molar-refractivity contribution in [3.05, 3.63) is 35.9 Å². The molecule has 1 aromatic carbocycles. The molecule has 0 saturated carbocycles. The van der Waals surface area contributed by atoms with Crippen LogP contribution < -0.4 is 10.6 Å². The van der Waals surface area contributed by atoms with Crippen molar-refractivity contribution in [2.75, 3.05) is 39.5 Å². The highest BCUT2D eigenvalue weighted by molar-refractivity contribution is 7.88. The number of aliphatic imine (C=N–C) groups is 1.